The maximum absolute atomic E-state index is 9.25. The van der Waals surface area contributed by atoms with Crippen LogP contribution in [0.25, 0.3) is 21.8 Å². The third-order valence-electron chi connectivity index (χ3n) is 6.73. The lowest BCUT2D eigenvalue weighted by Crippen LogP contribution is -2.07. The molecule has 2 aromatic carbocycles. The molecule has 4 aromatic rings. The Labute approximate surface area is 248 Å². The summed E-state index contributed by atoms with van der Waals surface area (Å²) in [6.45, 7) is 11.3. The van der Waals surface area contributed by atoms with E-state index in [-0.39, 0.29) is 0 Å². The Balaban J connectivity index is 0.000000246. The van der Waals surface area contributed by atoms with Gasteiger partial charge in [-0.2, -0.15) is 10.5 Å². The molecule has 0 amide bonds. The van der Waals surface area contributed by atoms with Crippen molar-refractivity contribution in [3.05, 3.63) is 75.1 Å². The maximum Gasteiger partial charge on any atom is 0.103 e. The molecule has 8 nitrogen and oxygen atoms in total. The molecule has 2 heterocycles. The summed E-state index contributed by atoms with van der Waals surface area (Å²) in [6.07, 6.45) is 7.26. The van der Waals surface area contributed by atoms with Gasteiger partial charge in [0.1, 0.15) is 12.1 Å². The normalized spacial score (nSPS) is 10.2. The largest absolute Gasteiger partial charge is 0.383 e. The molecular weight excluding hydrogens is 532 g/mol. The van der Waals surface area contributed by atoms with E-state index in [2.05, 4.69) is 47.3 Å². The van der Waals surface area contributed by atoms with Crippen LogP contribution < -0.4 is 22.5 Å². The summed E-state index contributed by atoms with van der Waals surface area (Å²) in [4.78, 5) is 8.58. The summed E-state index contributed by atoms with van der Waals surface area (Å²) in [7, 11) is 0. The van der Waals surface area contributed by atoms with Crippen molar-refractivity contribution in [2.45, 2.75) is 53.4 Å². The lowest BCUT2D eigenvalue weighted by molar-refractivity contribution is 0.755. The van der Waals surface area contributed by atoms with Crippen molar-refractivity contribution in [1.82, 2.24) is 9.97 Å². The molecule has 0 saturated carbocycles. The van der Waals surface area contributed by atoms with E-state index in [1.807, 2.05) is 32.0 Å². The molecule has 0 spiro atoms. The fraction of sp³-hybridized carbons (Fsp3) is 0.375. The van der Waals surface area contributed by atoms with Gasteiger partial charge in [-0.3, -0.25) is 9.97 Å². The predicted molar refractivity (Wildman–Crippen MR) is 171 cm³/mol. The zero-order chi connectivity index (χ0) is 30.4. The fourth-order valence-electron chi connectivity index (χ4n) is 4.00. The second kappa shape index (κ2) is 17.1. The summed E-state index contributed by atoms with van der Waals surface area (Å²) < 4.78 is 0. The van der Waals surface area contributed by atoms with E-state index in [0.29, 0.717) is 22.7 Å². The van der Waals surface area contributed by atoms with Crippen molar-refractivity contribution in [1.29, 1.82) is 10.5 Å². The monoisotopic (exact) mass is 572 g/mol. The first-order valence-corrected chi connectivity index (χ1v) is 14.2. The third kappa shape index (κ3) is 9.38. The molecule has 0 unspecified atom stereocenters. The fourth-order valence-corrected chi connectivity index (χ4v) is 4.24. The SMILES string of the molecule is Cc1cc2ncc(C#N)c(Cl)c2cc1C.Cc1cc2ncc(C#N)c(NCCCCN)c2cc1C.NCCCCN. The number of nitrogens with one attached hydrogen (secondary N) is 1. The van der Waals surface area contributed by atoms with Gasteiger partial charge < -0.3 is 22.5 Å². The molecule has 0 aliphatic rings. The number of rotatable bonds is 8. The maximum atomic E-state index is 9.25. The van der Waals surface area contributed by atoms with Crippen LogP contribution >= 0.6 is 11.6 Å². The van der Waals surface area contributed by atoms with Crippen LogP contribution in [0.1, 0.15) is 59.1 Å². The lowest BCUT2D eigenvalue weighted by atomic mass is 10.0. The van der Waals surface area contributed by atoms with Crippen LogP contribution in [-0.2, 0) is 0 Å². The van der Waals surface area contributed by atoms with Gasteiger partial charge in [0.05, 0.1) is 32.9 Å². The van der Waals surface area contributed by atoms with E-state index < -0.39 is 0 Å². The van der Waals surface area contributed by atoms with Crippen LogP contribution in [0.5, 0.6) is 0 Å². The van der Waals surface area contributed by atoms with Gasteiger partial charge in [-0.1, -0.05) is 11.6 Å². The number of nitriles is 2. The van der Waals surface area contributed by atoms with Crippen LogP contribution in [-0.4, -0.2) is 36.1 Å². The minimum absolute atomic E-state index is 0.424. The van der Waals surface area contributed by atoms with Crippen molar-refractivity contribution in [2.24, 2.45) is 17.2 Å². The zero-order valence-electron chi connectivity index (χ0n) is 24.5. The highest BCUT2D eigenvalue weighted by atomic mass is 35.5. The van der Waals surface area contributed by atoms with Crippen LogP contribution in [0.15, 0.2) is 36.7 Å². The van der Waals surface area contributed by atoms with Crippen LogP contribution in [0.2, 0.25) is 5.02 Å². The molecule has 0 aliphatic carbocycles. The minimum atomic E-state index is 0.424. The molecular formula is C32H41ClN8. The van der Waals surface area contributed by atoms with Gasteiger partial charge in [0.2, 0.25) is 0 Å². The first-order valence-electron chi connectivity index (χ1n) is 13.8. The van der Waals surface area contributed by atoms with E-state index in [9.17, 15) is 5.26 Å². The number of nitrogens with two attached hydrogens (primary N) is 3. The highest BCUT2D eigenvalue weighted by molar-refractivity contribution is 6.36. The van der Waals surface area contributed by atoms with Gasteiger partial charge in [0.25, 0.3) is 0 Å². The first kappa shape index (κ1) is 33.4. The van der Waals surface area contributed by atoms with E-state index in [1.54, 1.807) is 6.20 Å². The van der Waals surface area contributed by atoms with Gasteiger partial charge in [0.15, 0.2) is 0 Å². The third-order valence-corrected chi connectivity index (χ3v) is 7.14. The van der Waals surface area contributed by atoms with Crippen LogP contribution in [0.3, 0.4) is 0 Å². The standard InChI is InChI=1S/C16H20N4.C12H9ClN2.C4H12N2/c1-11-7-14-15(8-12(11)2)20-10-13(9-18)16(14)19-6-4-3-5-17;1-7-3-10-11(4-8(7)2)15-6-9(5-14)12(10)13;5-3-1-2-4-6/h7-8,10H,3-6,17H2,1-2H3,(H,19,20);3-4,6H,1-2H3;1-6H2. The highest BCUT2D eigenvalue weighted by Crippen LogP contribution is 2.29. The zero-order valence-corrected chi connectivity index (χ0v) is 25.3. The Morgan fingerprint density at radius 2 is 1.12 bits per heavy atom. The van der Waals surface area contributed by atoms with Gasteiger partial charge in [-0.15, -0.1) is 0 Å². The Bertz CT molecular complexity index is 1530. The van der Waals surface area contributed by atoms with Crippen molar-refractivity contribution in [3.8, 4) is 12.1 Å². The number of benzene rings is 2. The summed E-state index contributed by atoms with van der Waals surface area (Å²) in [5.41, 5.74) is 24.2. The van der Waals surface area contributed by atoms with E-state index in [0.717, 1.165) is 78.4 Å². The molecule has 0 radical (unpaired) electrons. The number of halogens is 1. The second-order valence-corrected chi connectivity index (χ2v) is 10.2. The molecule has 41 heavy (non-hydrogen) atoms. The number of aryl methyl sites for hydroxylation is 4. The van der Waals surface area contributed by atoms with Gasteiger partial charge in [-0.25, -0.2) is 0 Å². The summed E-state index contributed by atoms with van der Waals surface area (Å²) in [5, 5.41) is 23.8. The predicted octanol–water partition coefficient (Wildman–Crippen LogP) is 5.93. The Morgan fingerprint density at radius 1 is 0.683 bits per heavy atom. The molecule has 7 N–H and O–H groups in total. The van der Waals surface area contributed by atoms with Crippen molar-refractivity contribution < 1.29 is 0 Å². The highest BCUT2D eigenvalue weighted by Gasteiger charge is 2.10. The number of anilines is 1. The van der Waals surface area contributed by atoms with Crippen LogP contribution in [0, 0.1) is 50.4 Å². The second-order valence-electron chi connectivity index (χ2n) is 9.87. The average molecular weight is 573 g/mol. The number of hydrogen-bond donors (Lipinski definition) is 4. The Kier molecular flexibility index (Phi) is 14.0. The molecule has 2 aromatic heterocycles. The first-order chi connectivity index (χ1) is 19.7. The number of hydrogen-bond acceptors (Lipinski definition) is 8. The number of nitrogens with zero attached hydrogens (tertiary/aromatic N) is 4. The molecule has 9 heteroatoms. The number of fused-ring (bicyclic) bond motifs is 2. The lowest BCUT2D eigenvalue weighted by Gasteiger charge is -2.12. The van der Waals surface area contributed by atoms with Crippen molar-refractivity contribution >= 4 is 39.1 Å². The van der Waals surface area contributed by atoms with Gasteiger partial charge >= 0.3 is 0 Å². The Hall–Kier alpha value is -3.79. The summed E-state index contributed by atoms with van der Waals surface area (Å²) in [6, 6.07) is 12.4. The van der Waals surface area contributed by atoms with Crippen molar-refractivity contribution in [2.75, 3.05) is 31.5 Å². The van der Waals surface area contributed by atoms with Gasteiger partial charge in [0, 0.05) is 29.7 Å². The quantitative estimate of drug-likeness (QED) is 0.188. The molecule has 0 atom stereocenters. The van der Waals surface area contributed by atoms with Gasteiger partial charge in [-0.05, 0) is 120 Å². The van der Waals surface area contributed by atoms with E-state index in [1.165, 1.54) is 22.9 Å². The number of pyridine rings is 2. The summed E-state index contributed by atoms with van der Waals surface area (Å²) in [5.74, 6) is 0. The molecule has 0 bridgehead atoms. The smallest absolute Gasteiger partial charge is 0.103 e. The molecule has 0 saturated heterocycles. The topological polar surface area (TPSA) is 163 Å². The Morgan fingerprint density at radius 3 is 1.63 bits per heavy atom. The van der Waals surface area contributed by atoms with Crippen LogP contribution in [0.4, 0.5) is 5.69 Å². The summed E-state index contributed by atoms with van der Waals surface area (Å²) >= 11 is 6.10. The van der Waals surface area contributed by atoms with E-state index >= 15 is 0 Å². The number of aromatic nitrogens is 2. The molecule has 216 valence electrons. The van der Waals surface area contributed by atoms with Crippen molar-refractivity contribution in [3.63, 3.8) is 0 Å². The molecule has 0 aliphatic heterocycles. The number of unbranched alkanes of at least 4 members (excludes halogenated alkanes) is 2. The minimum Gasteiger partial charge on any atom is -0.383 e. The molecule has 4 rings (SSSR count). The molecule has 0 fully saturated rings. The average Bonchev–Trinajstić information content (AvgIpc) is 2.97. The van der Waals surface area contributed by atoms with E-state index in [4.69, 9.17) is 34.1 Å².